The second kappa shape index (κ2) is 4.03. The SMILES string of the molecule is NC(=O)c1cnc(N)c(I)c1C(F)F. The van der Waals surface area contributed by atoms with E-state index in [4.69, 9.17) is 11.5 Å². The zero-order valence-corrected chi connectivity index (χ0v) is 8.96. The third-order valence-corrected chi connectivity index (χ3v) is 2.70. The summed E-state index contributed by atoms with van der Waals surface area (Å²) in [6, 6.07) is 0. The van der Waals surface area contributed by atoms with Crippen molar-refractivity contribution < 1.29 is 13.6 Å². The van der Waals surface area contributed by atoms with Gasteiger partial charge in [-0.15, -0.1) is 0 Å². The summed E-state index contributed by atoms with van der Waals surface area (Å²) >= 11 is 1.60. The monoisotopic (exact) mass is 313 g/mol. The van der Waals surface area contributed by atoms with Gasteiger partial charge in [-0.2, -0.15) is 0 Å². The van der Waals surface area contributed by atoms with Crippen LogP contribution in [0.1, 0.15) is 22.3 Å². The number of aromatic nitrogens is 1. The van der Waals surface area contributed by atoms with E-state index in [-0.39, 0.29) is 15.0 Å². The van der Waals surface area contributed by atoms with E-state index in [1.807, 2.05) is 0 Å². The number of nitrogens with zero attached hydrogens (tertiary/aromatic N) is 1. The molecule has 1 heterocycles. The third kappa shape index (κ3) is 1.91. The lowest BCUT2D eigenvalue weighted by atomic mass is 10.1. The molecule has 0 atom stereocenters. The summed E-state index contributed by atoms with van der Waals surface area (Å²) in [7, 11) is 0. The summed E-state index contributed by atoms with van der Waals surface area (Å²) in [6.07, 6.45) is -1.84. The van der Waals surface area contributed by atoms with Gasteiger partial charge in [-0.25, -0.2) is 13.8 Å². The maximum absolute atomic E-state index is 12.5. The van der Waals surface area contributed by atoms with Gasteiger partial charge in [0.15, 0.2) is 0 Å². The second-order valence-electron chi connectivity index (χ2n) is 2.45. The maximum Gasteiger partial charge on any atom is 0.265 e. The zero-order valence-electron chi connectivity index (χ0n) is 6.80. The van der Waals surface area contributed by atoms with Crippen LogP contribution in [0.3, 0.4) is 0 Å². The molecule has 0 fully saturated rings. The molecule has 0 spiro atoms. The minimum Gasteiger partial charge on any atom is -0.383 e. The van der Waals surface area contributed by atoms with Crippen molar-refractivity contribution in [2.24, 2.45) is 5.73 Å². The average Bonchev–Trinajstić information content (AvgIpc) is 2.08. The Morgan fingerprint density at radius 2 is 2.14 bits per heavy atom. The Bertz CT molecular complexity index is 383. The smallest absolute Gasteiger partial charge is 0.265 e. The standard InChI is InChI=1S/C7H6F2IN3O/c8-5(9)3-2(7(12)14)1-13-6(11)4(3)10/h1,5H,(H2,11,13)(H2,12,14). The van der Waals surface area contributed by atoms with Crippen LogP contribution in [0, 0.1) is 3.57 Å². The number of anilines is 1. The molecule has 0 aromatic carbocycles. The second-order valence-corrected chi connectivity index (χ2v) is 3.53. The van der Waals surface area contributed by atoms with E-state index in [9.17, 15) is 13.6 Å². The third-order valence-electron chi connectivity index (χ3n) is 1.57. The molecule has 4 nitrogen and oxygen atoms in total. The van der Waals surface area contributed by atoms with Gasteiger partial charge >= 0.3 is 0 Å². The van der Waals surface area contributed by atoms with Crippen molar-refractivity contribution >= 4 is 34.3 Å². The Labute approximate surface area is 91.8 Å². The highest BCUT2D eigenvalue weighted by atomic mass is 127. The molecular weight excluding hydrogens is 307 g/mol. The molecule has 0 aliphatic heterocycles. The van der Waals surface area contributed by atoms with Gasteiger partial charge < -0.3 is 11.5 Å². The van der Waals surface area contributed by atoms with Crippen LogP contribution in [0.4, 0.5) is 14.6 Å². The number of carbonyl (C=O) groups is 1. The van der Waals surface area contributed by atoms with E-state index in [1.165, 1.54) is 0 Å². The first kappa shape index (κ1) is 11.1. The predicted octanol–water partition coefficient (Wildman–Crippen LogP) is 1.30. The number of primary amides is 1. The first-order chi connectivity index (χ1) is 6.45. The molecular formula is C7H6F2IN3O. The minimum atomic E-state index is -2.80. The fourth-order valence-electron chi connectivity index (χ4n) is 0.926. The number of rotatable bonds is 2. The van der Waals surface area contributed by atoms with Crippen LogP contribution in [-0.4, -0.2) is 10.9 Å². The lowest BCUT2D eigenvalue weighted by Gasteiger charge is -2.09. The van der Waals surface area contributed by atoms with Crippen LogP contribution in [0.5, 0.6) is 0 Å². The Hall–Kier alpha value is -0.990. The number of nitrogens with two attached hydrogens (primary N) is 2. The number of hydrogen-bond donors (Lipinski definition) is 2. The van der Waals surface area contributed by atoms with Crippen LogP contribution < -0.4 is 11.5 Å². The van der Waals surface area contributed by atoms with Crippen molar-refractivity contribution in [1.82, 2.24) is 4.98 Å². The number of carbonyl (C=O) groups excluding carboxylic acids is 1. The van der Waals surface area contributed by atoms with Gasteiger partial charge in [0.2, 0.25) is 0 Å². The highest BCUT2D eigenvalue weighted by Crippen LogP contribution is 2.29. The highest BCUT2D eigenvalue weighted by Gasteiger charge is 2.22. The van der Waals surface area contributed by atoms with Crippen LogP contribution in [0.2, 0.25) is 0 Å². The van der Waals surface area contributed by atoms with Crippen molar-refractivity contribution in [1.29, 1.82) is 0 Å². The van der Waals surface area contributed by atoms with E-state index in [1.54, 1.807) is 22.6 Å². The molecule has 1 amide bonds. The van der Waals surface area contributed by atoms with Crippen LogP contribution in [-0.2, 0) is 0 Å². The molecule has 0 aliphatic rings. The topological polar surface area (TPSA) is 82.0 Å². The molecule has 14 heavy (non-hydrogen) atoms. The maximum atomic E-state index is 12.5. The van der Waals surface area contributed by atoms with E-state index in [0.29, 0.717) is 0 Å². The number of halogens is 3. The quantitative estimate of drug-likeness (QED) is 0.808. The molecule has 0 saturated heterocycles. The molecule has 0 saturated carbocycles. The van der Waals surface area contributed by atoms with Gasteiger partial charge in [0.1, 0.15) is 5.82 Å². The average molecular weight is 313 g/mol. The van der Waals surface area contributed by atoms with Gasteiger partial charge in [0.25, 0.3) is 12.3 Å². The van der Waals surface area contributed by atoms with Crippen molar-refractivity contribution in [3.63, 3.8) is 0 Å². The van der Waals surface area contributed by atoms with Gasteiger partial charge in [-0.05, 0) is 22.6 Å². The van der Waals surface area contributed by atoms with E-state index < -0.39 is 17.9 Å². The summed E-state index contributed by atoms with van der Waals surface area (Å²) in [5.41, 5.74) is 9.49. The predicted molar refractivity (Wildman–Crippen MR) is 54.8 cm³/mol. The number of pyridine rings is 1. The van der Waals surface area contributed by atoms with E-state index >= 15 is 0 Å². The summed E-state index contributed by atoms with van der Waals surface area (Å²) in [5, 5.41) is 0. The summed E-state index contributed by atoms with van der Waals surface area (Å²) < 4.78 is 25.1. The molecule has 76 valence electrons. The molecule has 0 unspecified atom stereocenters. The Balaban J connectivity index is 3.45. The Morgan fingerprint density at radius 3 is 2.57 bits per heavy atom. The van der Waals surface area contributed by atoms with Gasteiger partial charge in [0.05, 0.1) is 9.13 Å². The number of alkyl halides is 2. The Kier molecular flexibility index (Phi) is 3.19. The first-order valence-electron chi connectivity index (χ1n) is 3.47. The van der Waals surface area contributed by atoms with Crippen LogP contribution >= 0.6 is 22.6 Å². The van der Waals surface area contributed by atoms with Crippen molar-refractivity contribution in [2.45, 2.75) is 6.43 Å². The van der Waals surface area contributed by atoms with E-state index in [0.717, 1.165) is 6.20 Å². The fourth-order valence-corrected chi connectivity index (χ4v) is 1.59. The van der Waals surface area contributed by atoms with Crippen LogP contribution in [0.25, 0.3) is 0 Å². The van der Waals surface area contributed by atoms with E-state index in [2.05, 4.69) is 4.98 Å². The zero-order chi connectivity index (χ0) is 10.9. The molecule has 1 rings (SSSR count). The molecule has 1 aromatic rings. The summed E-state index contributed by atoms with van der Waals surface area (Å²) in [4.78, 5) is 14.4. The van der Waals surface area contributed by atoms with Crippen molar-refractivity contribution in [3.05, 3.63) is 20.9 Å². The van der Waals surface area contributed by atoms with Gasteiger partial charge in [-0.3, -0.25) is 4.79 Å². The molecule has 1 aromatic heterocycles. The molecule has 7 heteroatoms. The van der Waals surface area contributed by atoms with Crippen molar-refractivity contribution in [3.8, 4) is 0 Å². The fraction of sp³-hybridized carbons (Fsp3) is 0.143. The summed E-state index contributed by atoms with van der Waals surface area (Å²) in [6.45, 7) is 0. The highest BCUT2D eigenvalue weighted by molar-refractivity contribution is 14.1. The number of hydrogen-bond acceptors (Lipinski definition) is 3. The largest absolute Gasteiger partial charge is 0.383 e. The molecule has 0 radical (unpaired) electrons. The lowest BCUT2D eigenvalue weighted by Crippen LogP contribution is -2.16. The minimum absolute atomic E-state index is 0.0362. The number of amides is 1. The molecule has 4 N–H and O–H groups in total. The van der Waals surface area contributed by atoms with Gasteiger partial charge in [-0.1, -0.05) is 0 Å². The lowest BCUT2D eigenvalue weighted by molar-refractivity contribution is 0.0985. The first-order valence-corrected chi connectivity index (χ1v) is 4.54. The summed E-state index contributed by atoms with van der Waals surface area (Å²) in [5.74, 6) is -0.975. The Morgan fingerprint density at radius 1 is 1.57 bits per heavy atom. The normalized spacial score (nSPS) is 10.6. The molecule has 0 bridgehead atoms. The van der Waals surface area contributed by atoms with Crippen molar-refractivity contribution in [2.75, 3.05) is 5.73 Å². The van der Waals surface area contributed by atoms with Gasteiger partial charge in [0, 0.05) is 11.8 Å². The van der Waals surface area contributed by atoms with Crippen LogP contribution in [0.15, 0.2) is 6.20 Å². The molecule has 0 aliphatic carbocycles. The number of nitrogen functional groups attached to an aromatic ring is 1.